The van der Waals surface area contributed by atoms with Gasteiger partial charge < -0.3 is 10.1 Å². The van der Waals surface area contributed by atoms with Crippen molar-refractivity contribution in [3.8, 4) is 0 Å². The molecule has 2 N–H and O–H groups in total. The summed E-state index contributed by atoms with van der Waals surface area (Å²) in [7, 11) is 0. The molecule has 6 unspecified atom stereocenters. The monoisotopic (exact) mass is 443 g/mol. The van der Waals surface area contributed by atoms with Crippen molar-refractivity contribution in [3.63, 3.8) is 0 Å². The molecule has 1 saturated carbocycles. The molecule has 2 amide bonds. The summed E-state index contributed by atoms with van der Waals surface area (Å²) in [6.45, 7) is 6.45. The predicted molar refractivity (Wildman–Crippen MR) is 117 cm³/mol. The normalized spacial score (nSPS) is 33.7. The van der Waals surface area contributed by atoms with Gasteiger partial charge in [-0.25, -0.2) is 14.2 Å². The van der Waals surface area contributed by atoms with Crippen LogP contribution >= 0.6 is 11.3 Å². The summed E-state index contributed by atoms with van der Waals surface area (Å²) in [5.74, 6) is 0.117. The van der Waals surface area contributed by atoms with Crippen molar-refractivity contribution in [1.29, 1.82) is 0 Å². The Morgan fingerprint density at radius 3 is 2.87 bits per heavy atom. The first kappa shape index (κ1) is 20.4. The molecule has 2 aromatic rings. The van der Waals surface area contributed by atoms with Gasteiger partial charge in [0.25, 0.3) is 0 Å². The Hall–Kier alpha value is -2.48. The van der Waals surface area contributed by atoms with E-state index in [1.165, 1.54) is 28.3 Å². The number of anilines is 2. The second-order valence-corrected chi connectivity index (χ2v) is 10.5. The predicted octanol–water partition coefficient (Wildman–Crippen LogP) is 5.18. The van der Waals surface area contributed by atoms with Crippen molar-refractivity contribution >= 4 is 34.2 Å². The number of rotatable bonds is 2. The van der Waals surface area contributed by atoms with Gasteiger partial charge in [0.05, 0.1) is 11.6 Å². The Labute approximate surface area is 184 Å². The summed E-state index contributed by atoms with van der Waals surface area (Å²) in [5, 5.41) is 5.96. The van der Waals surface area contributed by atoms with Crippen molar-refractivity contribution < 1.29 is 18.7 Å². The summed E-state index contributed by atoms with van der Waals surface area (Å²) in [4.78, 5) is 30.6. The third kappa shape index (κ3) is 3.41. The van der Waals surface area contributed by atoms with Gasteiger partial charge in [-0.2, -0.15) is 0 Å². The van der Waals surface area contributed by atoms with E-state index >= 15 is 0 Å². The number of urea groups is 1. The average molecular weight is 444 g/mol. The fraction of sp³-hybridized carbons (Fsp3) is 0.522. The minimum absolute atomic E-state index is 0.0395. The lowest BCUT2D eigenvalue weighted by Gasteiger charge is -2.51. The molecule has 8 heteroatoms. The van der Waals surface area contributed by atoms with Crippen molar-refractivity contribution in [2.45, 2.75) is 52.1 Å². The molecule has 1 aliphatic heterocycles. The third-order valence-electron chi connectivity index (χ3n) is 7.46. The maximum absolute atomic E-state index is 13.4. The highest BCUT2D eigenvalue weighted by Gasteiger charge is 2.58. The number of hydrogen-bond donors (Lipinski definition) is 2. The molecule has 6 nitrogen and oxygen atoms in total. The number of ether oxygens (including phenoxy) is 1. The van der Waals surface area contributed by atoms with E-state index in [9.17, 15) is 14.0 Å². The standard InChI is InChI=1S/C23H26FN3O3S/c1-11-15-7-8-23(3)10-16-18(12(2)17(23)19(15)30-20(11)28)26-22(31-16)27-21(29)25-14-6-4-5-13(24)9-14/h4-6,9,11-12,15,17,19H,7-8,10H2,1-3H3,(H2,25,26,27,29). The van der Waals surface area contributed by atoms with Crippen LogP contribution in [0.3, 0.4) is 0 Å². The number of carbonyl (C=O) groups is 2. The molecule has 2 aliphatic carbocycles. The Morgan fingerprint density at radius 2 is 2.10 bits per heavy atom. The second-order valence-electron chi connectivity index (χ2n) is 9.45. The summed E-state index contributed by atoms with van der Waals surface area (Å²) in [6.07, 6.45) is 2.88. The van der Waals surface area contributed by atoms with E-state index in [1.54, 1.807) is 12.1 Å². The average Bonchev–Trinajstić information content (AvgIpc) is 3.21. The van der Waals surface area contributed by atoms with Crippen LogP contribution in [-0.4, -0.2) is 23.1 Å². The van der Waals surface area contributed by atoms with Crippen molar-refractivity contribution in [2.75, 3.05) is 10.6 Å². The molecule has 164 valence electrons. The highest BCUT2D eigenvalue weighted by molar-refractivity contribution is 7.15. The Kier molecular flexibility index (Phi) is 4.80. The molecular formula is C23H26FN3O3S. The highest BCUT2D eigenvalue weighted by Crippen LogP contribution is 2.59. The van der Waals surface area contributed by atoms with E-state index < -0.39 is 11.8 Å². The van der Waals surface area contributed by atoms with Gasteiger partial charge in [-0.05, 0) is 42.9 Å². The third-order valence-corrected chi connectivity index (χ3v) is 8.45. The topological polar surface area (TPSA) is 80.3 Å². The van der Waals surface area contributed by atoms with Gasteiger partial charge in [0.1, 0.15) is 11.9 Å². The maximum atomic E-state index is 13.4. The fourth-order valence-corrected chi connectivity index (χ4v) is 7.22. The number of hydrogen-bond acceptors (Lipinski definition) is 5. The molecule has 0 spiro atoms. The minimum Gasteiger partial charge on any atom is -0.461 e. The van der Waals surface area contributed by atoms with E-state index in [1.807, 2.05) is 6.92 Å². The molecule has 2 heterocycles. The zero-order valence-corrected chi connectivity index (χ0v) is 18.6. The Morgan fingerprint density at radius 1 is 1.29 bits per heavy atom. The number of thiazole rings is 1. The first-order chi connectivity index (χ1) is 14.7. The van der Waals surface area contributed by atoms with Gasteiger partial charge in [0, 0.05) is 28.3 Å². The van der Waals surface area contributed by atoms with Crippen LogP contribution in [0.4, 0.5) is 20.0 Å². The Balaban J connectivity index is 1.37. The van der Waals surface area contributed by atoms with E-state index in [2.05, 4.69) is 24.5 Å². The van der Waals surface area contributed by atoms with Crippen molar-refractivity contribution in [1.82, 2.24) is 4.98 Å². The van der Waals surface area contributed by atoms with Gasteiger partial charge in [0.15, 0.2) is 5.13 Å². The molecule has 1 aromatic heterocycles. The number of amides is 2. The van der Waals surface area contributed by atoms with E-state index in [0.29, 0.717) is 10.8 Å². The molecule has 3 aliphatic rings. The smallest absolute Gasteiger partial charge is 0.325 e. The van der Waals surface area contributed by atoms with Crippen LogP contribution in [-0.2, 0) is 16.0 Å². The van der Waals surface area contributed by atoms with Crippen molar-refractivity contribution in [3.05, 3.63) is 40.7 Å². The van der Waals surface area contributed by atoms with Crippen LogP contribution in [0, 0.1) is 29.0 Å². The number of aromatic nitrogens is 1. The van der Waals surface area contributed by atoms with Crippen LogP contribution in [0.1, 0.15) is 50.1 Å². The first-order valence-electron chi connectivity index (χ1n) is 10.8. The lowest BCUT2D eigenvalue weighted by Crippen LogP contribution is -2.50. The number of halogens is 1. The summed E-state index contributed by atoms with van der Waals surface area (Å²) in [6, 6.07) is 5.31. The van der Waals surface area contributed by atoms with Crippen LogP contribution in [0.2, 0.25) is 0 Å². The fourth-order valence-electron chi connectivity index (χ4n) is 5.96. The number of nitrogens with zero attached hydrogens (tertiary/aromatic N) is 1. The van der Waals surface area contributed by atoms with E-state index in [-0.39, 0.29) is 41.2 Å². The number of carbonyl (C=O) groups excluding carboxylic acids is 2. The van der Waals surface area contributed by atoms with Crippen LogP contribution in [0.25, 0.3) is 0 Å². The van der Waals surface area contributed by atoms with Crippen molar-refractivity contribution in [2.24, 2.45) is 23.2 Å². The van der Waals surface area contributed by atoms with Gasteiger partial charge in [-0.15, -0.1) is 11.3 Å². The summed E-state index contributed by atoms with van der Waals surface area (Å²) >= 11 is 1.50. The zero-order chi connectivity index (χ0) is 21.9. The molecule has 1 aromatic carbocycles. The van der Waals surface area contributed by atoms with Gasteiger partial charge in [0.2, 0.25) is 0 Å². The van der Waals surface area contributed by atoms with Gasteiger partial charge >= 0.3 is 12.0 Å². The highest BCUT2D eigenvalue weighted by atomic mass is 32.1. The SMILES string of the molecule is CC1C(=O)OC2C1CCC1(C)Cc3sc(NC(=O)Nc4cccc(F)c4)nc3C(C)C21. The molecule has 0 bridgehead atoms. The zero-order valence-electron chi connectivity index (χ0n) is 17.8. The van der Waals surface area contributed by atoms with Crippen LogP contribution in [0.5, 0.6) is 0 Å². The number of esters is 1. The van der Waals surface area contributed by atoms with Crippen LogP contribution < -0.4 is 10.6 Å². The van der Waals surface area contributed by atoms with E-state index in [4.69, 9.17) is 9.72 Å². The summed E-state index contributed by atoms with van der Waals surface area (Å²) < 4.78 is 19.2. The molecule has 1 saturated heterocycles. The maximum Gasteiger partial charge on any atom is 0.325 e. The molecule has 2 fully saturated rings. The van der Waals surface area contributed by atoms with Crippen LogP contribution in [0.15, 0.2) is 24.3 Å². The molecule has 31 heavy (non-hydrogen) atoms. The van der Waals surface area contributed by atoms with E-state index in [0.717, 1.165) is 25.0 Å². The first-order valence-corrected chi connectivity index (χ1v) is 11.6. The van der Waals surface area contributed by atoms with Gasteiger partial charge in [-0.3, -0.25) is 10.1 Å². The Bertz CT molecular complexity index is 1060. The molecular weight excluding hydrogens is 417 g/mol. The largest absolute Gasteiger partial charge is 0.461 e. The second kappa shape index (κ2) is 7.29. The molecule has 6 atom stereocenters. The summed E-state index contributed by atoms with van der Waals surface area (Å²) in [5.41, 5.74) is 1.42. The number of nitrogens with one attached hydrogen (secondary N) is 2. The lowest BCUT2D eigenvalue weighted by molar-refractivity contribution is -0.149. The molecule has 5 rings (SSSR count). The number of fused-ring (bicyclic) bond motifs is 4. The lowest BCUT2D eigenvalue weighted by atomic mass is 9.54. The minimum atomic E-state index is -0.452. The quantitative estimate of drug-likeness (QED) is 0.627. The van der Waals surface area contributed by atoms with Gasteiger partial charge in [-0.1, -0.05) is 26.8 Å². The molecule has 0 radical (unpaired) electrons. The number of benzene rings is 1.